The minimum absolute atomic E-state index is 0.289. The van der Waals surface area contributed by atoms with E-state index in [9.17, 15) is 4.79 Å². The normalized spacial score (nSPS) is 14.1. The lowest BCUT2D eigenvalue weighted by molar-refractivity contribution is -0.113. The number of nitrogens with zero attached hydrogens (tertiary/aromatic N) is 5. The summed E-state index contributed by atoms with van der Waals surface area (Å²) in [6, 6.07) is 22.2. The van der Waals surface area contributed by atoms with Crippen molar-refractivity contribution >= 4 is 17.5 Å². The fourth-order valence-corrected chi connectivity index (χ4v) is 4.72. The maximum Gasteiger partial charge on any atom is 0.255 e. The molecule has 1 amide bonds. The summed E-state index contributed by atoms with van der Waals surface area (Å²) in [6.45, 7) is 2.24. The first kappa shape index (κ1) is 25.8. The van der Waals surface area contributed by atoms with E-state index < -0.39 is 6.04 Å². The van der Waals surface area contributed by atoms with Gasteiger partial charge in [0.2, 0.25) is 5.95 Å². The number of carbonyl (C=O) groups excluding carboxylic acids is 1. The van der Waals surface area contributed by atoms with Gasteiger partial charge in [-0.1, -0.05) is 36.4 Å². The fourth-order valence-electron chi connectivity index (χ4n) is 4.72. The number of allylic oxidation sites excluding steroid dienone is 1. The van der Waals surface area contributed by atoms with Gasteiger partial charge in [0, 0.05) is 29.9 Å². The Morgan fingerprint density at radius 3 is 2.56 bits per heavy atom. The van der Waals surface area contributed by atoms with E-state index in [1.54, 1.807) is 48.7 Å². The van der Waals surface area contributed by atoms with E-state index in [-0.39, 0.29) is 5.91 Å². The Morgan fingerprint density at radius 2 is 1.80 bits per heavy atom. The molecule has 0 bridgehead atoms. The van der Waals surface area contributed by atoms with Gasteiger partial charge in [0.05, 0.1) is 24.6 Å². The van der Waals surface area contributed by atoms with Crippen LogP contribution in [0.15, 0.2) is 109 Å². The molecule has 1 atom stereocenters. The number of fused-ring (bicyclic) bond motifs is 1. The van der Waals surface area contributed by atoms with E-state index in [0.717, 1.165) is 16.7 Å². The van der Waals surface area contributed by atoms with Crippen molar-refractivity contribution in [2.45, 2.75) is 19.6 Å². The number of rotatable bonds is 8. The highest BCUT2D eigenvalue weighted by molar-refractivity contribution is 6.06. The summed E-state index contributed by atoms with van der Waals surface area (Å²) in [5.74, 6) is 1.87. The Balaban J connectivity index is 1.40. The van der Waals surface area contributed by atoms with Crippen LogP contribution in [-0.4, -0.2) is 37.7 Å². The SMILES string of the molecule is COc1cc(C2C(C(=O)Nc3cccnc3)=C(C)Nc3nc(-c4ccncc4)nn32)ccc1OCc1ccccc1. The predicted octanol–water partition coefficient (Wildman–Crippen LogP) is 5.25. The van der Waals surface area contributed by atoms with Crippen LogP contribution in [0.1, 0.15) is 24.1 Å². The average Bonchev–Trinajstić information content (AvgIpc) is 3.44. The van der Waals surface area contributed by atoms with Gasteiger partial charge >= 0.3 is 0 Å². The van der Waals surface area contributed by atoms with Crippen molar-refractivity contribution in [2.24, 2.45) is 0 Å². The summed E-state index contributed by atoms with van der Waals surface area (Å²) in [5.41, 5.74) is 4.34. The maximum absolute atomic E-state index is 13.8. The zero-order valence-electron chi connectivity index (χ0n) is 22.5. The van der Waals surface area contributed by atoms with Crippen molar-refractivity contribution in [3.05, 3.63) is 120 Å². The smallest absolute Gasteiger partial charge is 0.255 e. The summed E-state index contributed by atoms with van der Waals surface area (Å²) in [6.07, 6.45) is 6.63. The molecule has 10 nitrogen and oxygen atoms in total. The molecule has 4 heterocycles. The first-order valence-electron chi connectivity index (χ1n) is 13.0. The van der Waals surface area contributed by atoms with E-state index in [2.05, 4.69) is 20.6 Å². The minimum atomic E-state index is -0.608. The molecule has 1 aliphatic rings. The molecule has 10 heteroatoms. The highest BCUT2D eigenvalue weighted by Crippen LogP contribution is 2.40. The van der Waals surface area contributed by atoms with Crippen molar-refractivity contribution in [3.63, 3.8) is 0 Å². The number of amides is 1. The van der Waals surface area contributed by atoms with Gasteiger partial charge in [0.15, 0.2) is 17.3 Å². The fraction of sp³-hybridized carbons (Fsp3) is 0.129. The van der Waals surface area contributed by atoms with Crippen LogP contribution < -0.4 is 20.1 Å². The molecule has 204 valence electrons. The largest absolute Gasteiger partial charge is 0.493 e. The van der Waals surface area contributed by atoms with Gasteiger partial charge in [-0.3, -0.25) is 14.8 Å². The number of hydrogen-bond donors (Lipinski definition) is 2. The lowest BCUT2D eigenvalue weighted by Gasteiger charge is -2.29. The molecule has 2 N–H and O–H groups in total. The number of benzene rings is 2. The predicted molar refractivity (Wildman–Crippen MR) is 154 cm³/mol. The molecule has 0 radical (unpaired) electrons. The van der Waals surface area contributed by atoms with Crippen LogP contribution in [0, 0.1) is 0 Å². The lowest BCUT2D eigenvalue weighted by atomic mass is 9.94. The van der Waals surface area contributed by atoms with Crippen LogP contribution >= 0.6 is 0 Å². The van der Waals surface area contributed by atoms with Crippen LogP contribution in [0.4, 0.5) is 11.6 Å². The average molecular weight is 546 g/mol. The topological polar surface area (TPSA) is 116 Å². The van der Waals surface area contributed by atoms with Gasteiger partial charge in [-0.15, -0.1) is 5.10 Å². The van der Waals surface area contributed by atoms with E-state index in [4.69, 9.17) is 19.6 Å². The van der Waals surface area contributed by atoms with Crippen molar-refractivity contribution in [1.82, 2.24) is 24.7 Å². The van der Waals surface area contributed by atoms with Crippen molar-refractivity contribution in [3.8, 4) is 22.9 Å². The van der Waals surface area contributed by atoms with E-state index in [0.29, 0.717) is 46.8 Å². The van der Waals surface area contributed by atoms with Crippen LogP contribution in [0.25, 0.3) is 11.4 Å². The zero-order valence-corrected chi connectivity index (χ0v) is 22.5. The third-order valence-corrected chi connectivity index (χ3v) is 6.70. The molecule has 1 unspecified atom stereocenters. The Bertz CT molecular complexity index is 1700. The molecule has 0 saturated heterocycles. The Labute approximate surface area is 236 Å². The van der Waals surface area contributed by atoms with Crippen molar-refractivity contribution in [1.29, 1.82) is 0 Å². The number of anilines is 2. The first-order chi connectivity index (χ1) is 20.1. The molecule has 3 aromatic heterocycles. The summed E-state index contributed by atoms with van der Waals surface area (Å²) >= 11 is 0. The third-order valence-electron chi connectivity index (χ3n) is 6.70. The highest BCUT2D eigenvalue weighted by Gasteiger charge is 2.35. The summed E-state index contributed by atoms with van der Waals surface area (Å²) in [5, 5.41) is 11.1. The number of nitrogens with one attached hydrogen (secondary N) is 2. The second kappa shape index (κ2) is 11.3. The molecule has 5 aromatic rings. The second-order valence-electron chi connectivity index (χ2n) is 9.39. The molecule has 0 spiro atoms. The molecule has 0 saturated carbocycles. The Hall–Kier alpha value is -5.51. The van der Waals surface area contributed by atoms with Crippen LogP contribution in [-0.2, 0) is 11.4 Å². The lowest BCUT2D eigenvalue weighted by Crippen LogP contribution is -2.31. The summed E-state index contributed by atoms with van der Waals surface area (Å²) < 4.78 is 13.5. The van der Waals surface area contributed by atoms with Crippen LogP contribution in [0.5, 0.6) is 11.5 Å². The standard InChI is InChI=1S/C31H27N7O3/c1-20-27(30(39)35-24-9-6-14-33-18-24)28(38-31(34-20)36-29(37-38)22-12-15-32-16-13-22)23-10-11-25(26(17-23)40-2)41-19-21-7-4-3-5-8-21/h3-18,28H,19H2,1-2H3,(H,35,39)(H,34,36,37). The molecular weight excluding hydrogens is 518 g/mol. The van der Waals surface area contributed by atoms with E-state index in [1.807, 2.05) is 67.6 Å². The number of methoxy groups -OCH3 is 1. The van der Waals surface area contributed by atoms with Crippen molar-refractivity contribution < 1.29 is 14.3 Å². The van der Waals surface area contributed by atoms with Crippen LogP contribution in [0.3, 0.4) is 0 Å². The number of aromatic nitrogens is 5. The molecule has 6 rings (SSSR count). The highest BCUT2D eigenvalue weighted by atomic mass is 16.5. The maximum atomic E-state index is 13.8. The quantitative estimate of drug-likeness (QED) is 0.272. The van der Waals surface area contributed by atoms with E-state index >= 15 is 0 Å². The molecule has 1 aliphatic heterocycles. The zero-order chi connectivity index (χ0) is 28.2. The number of ether oxygens (including phenoxy) is 2. The van der Waals surface area contributed by atoms with Gasteiger partial charge < -0.3 is 20.1 Å². The molecular formula is C31H27N7O3. The van der Waals surface area contributed by atoms with Gasteiger partial charge in [0.1, 0.15) is 12.6 Å². The molecule has 41 heavy (non-hydrogen) atoms. The first-order valence-corrected chi connectivity index (χ1v) is 13.0. The van der Waals surface area contributed by atoms with Gasteiger partial charge in [0.25, 0.3) is 5.91 Å². The van der Waals surface area contributed by atoms with Gasteiger partial charge in [-0.25, -0.2) is 4.68 Å². The minimum Gasteiger partial charge on any atom is -0.493 e. The Morgan fingerprint density at radius 1 is 0.976 bits per heavy atom. The monoisotopic (exact) mass is 545 g/mol. The number of pyridine rings is 2. The molecule has 0 fully saturated rings. The molecule has 0 aliphatic carbocycles. The van der Waals surface area contributed by atoms with Crippen molar-refractivity contribution in [2.75, 3.05) is 17.7 Å². The van der Waals surface area contributed by atoms with E-state index in [1.165, 1.54) is 0 Å². The Kier molecular flexibility index (Phi) is 7.10. The third kappa shape index (κ3) is 5.35. The van der Waals surface area contributed by atoms with Gasteiger partial charge in [-0.2, -0.15) is 4.98 Å². The summed E-state index contributed by atoms with van der Waals surface area (Å²) in [4.78, 5) is 26.7. The second-order valence-corrected chi connectivity index (χ2v) is 9.39. The molecule has 2 aromatic carbocycles. The number of carbonyl (C=O) groups is 1. The number of hydrogen-bond acceptors (Lipinski definition) is 8. The van der Waals surface area contributed by atoms with Gasteiger partial charge in [-0.05, 0) is 54.4 Å². The summed E-state index contributed by atoms with van der Waals surface area (Å²) in [7, 11) is 1.59. The van der Waals surface area contributed by atoms with Crippen LogP contribution in [0.2, 0.25) is 0 Å².